The molecule has 1 aliphatic carbocycles. The minimum Gasteiger partial charge on any atom is -0.396 e. The molecule has 1 aromatic rings. The number of amides is 1. The van der Waals surface area contributed by atoms with Crippen LogP contribution in [-0.4, -0.2) is 24.2 Å². The van der Waals surface area contributed by atoms with E-state index in [4.69, 9.17) is 0 Å². The number of aliphatic hydroxyl groups is 1. The maximum Gasteiger partial charge on any atom is 0.240 e. The Morgan fingerprint density at radius 1 is 1.33 bits per heavy atom. The van der Waals surface area contributed by atoms with Gasteiger partial charge in [-0.2, -0.15) is 5.26 Å². The zero-order valence-electron chi connectivity index (χ0n) is 12.2. The molecule has 0 spiro atoms. The molecule has 1 aromatic carbocycles. The summed E-state index contributed by atoms with van der Waals surface area (Å²) in [7, 11) is 0. The van der Waals surface area contributed by atoms with Crippen LogP contribution in [0.4, 0.5) is 0 Å². The van der Waals surface area contributed by atoms with Gasteiger partial charge in [-0.3, -0.25) is 4.79 Å². The van der Waals surface area contributed by atoms with E-state index in [9.17, 15) is 15.2 Å². The lowest BCUT2D eigenvalue weighted by Crippen LogP contribution is -2.40. The van der Waals surface area contributed by atoms with Gasteiger partial charge in [-0.25, -0.2) is 0 Å². The van der Waals surface area contributed by atoms with Crippen LogP contribution in [-0.2, 0) is 4.79 Å². The normalized spacial score (nSPS) is 17.9. The Hall–Kier alpha value is -1.86. The van der Waals surface area contributed by atoms with Crippen LogP contribution in [0.5, 0.6) is 0 Å². The van der Waals surface area contributed by atoms with E-state index in [1.165, 1.54) is 0 Å². The van der Waals surface area contributed by atoms with E-state index in [-0.39, 0.29) is 18.4 Å². The number of rotatable bonds is 6. The van der Waals surface area contributed by atoms with Gasteiger partial charge in [0, 0.05) is 19.1 Å². The summed E-state index contributed by atoms with van der Waals surface area (Å²) in [5.74, 6) is -0.0707. The first-order chi connectivity index (χ1) is 10.2. The number of hydrogen-bond donors (Lipinski definition) is 2. The van der Waals surface area contributed by atoms with E-state index >= 15 is 0 Å². The van der Waals surface area contributed by atoms with Crippen LogP contribution in [0.25, 0.3) is 0 Å². The fourth-order valence-electron chi connectivity index (χ4n) is 3.02. The highest BCUT2D eigenvalue weighted by Crippen LogP contribution is 2.37. The average Bonchev–Trinajstić information content (AvgIpc) is 3.02. The monoisotopic (exact) mass is 286 g/mol. The van der Waals surface area contributed by atoms with Crippen molar-refractivity contribution < 1.29 is 9.90 Å². The molecule has 21 heavy (non-hydrogen) atoms. The van der Waals surface area contributed by atoms with Crippen LogP contribution in [0.15, 0.2) is 30.3 Å². The van der Waals surface area contributed by atoms with Crippen LogP contribution in [0.3, 0.4) is 0 Å². The summed E-state index contributed by atoms with van der Waals surface area (Å²) < 4.78 is 0. The molecule has 1 saturated carbocycles. The summed E-state index contributed by atoms with van der Waals surface area (Å²) in [5, 5.41) is 21.5. The molecule has 1 unspecified atom stereocenters. The molecule has 4 heteroatoms. The Labute approximate surface area is 125 Å². The highest BCUT2D eigenvalue weighted by molar-refractivity contribution is 5.85. The first-order valence-electron chi connectivity index (χ1n) is 7.57. The van der Waals surface area contributed by atoms with Gasteiger partial charge in [0.05, 0.1) is 6.07 Å². The van der Waals surface area contributed by atoms with Crippen molar-refractivity contribution in [3.8, 4) is 6.07 Å². The van der Waals surface area contributed by atoms with E-state index in [2.05, 4.69) is 11.4 Å². The zero-order chi connectivity index (χ0) is 15.1. The highest BCUT2D eigenvalue weighted by atomic mass is 16.3. The molecular formula is C17H22N2O2. The van der Waals surface area contributed by atoms with E-state index < -0.39 is 5.41 Å². The molecule has 0 bridgehead atoms. The van der Waals surface area contributed by atoms with E-state index in [1.54, 1.807) is 0 Å². The third kappa shape index (κ3) is 3.62. The van der Waals surface area contributed by atoms with Crippen LogP contribution in [0.1, 0.15) is 43.6 Å². The van der Waals surface area contributed by atoms with Gasteiger partial charge in [0.25, 0.3) is 0 Å². The molecule has 2 N–H and O–H groups in total. The highest BCUT2D eigenvalue weighted by Gasteiger charge is 2.41. The molecule has 1 aliphatic rings. The van der Waals surface area contributed by atoms with Crippen molar-refractivity contribution in [1.29, 1.82) is 5.26 Å². The van der Waals surface area contributed by atoms with Crippen LogP contribution >= 0.6 is 0 Å². The van der Waals surface area contributed by atoms with E-state index in [0.29, 0.717) is 25.8 Å². The van der Waals surface area contributed by atoms with Gasteiger partial charge < -0.3 is 10.4 Å². The Kier molecular flexibility index (Phi) is 5.35. The topological polar surface area (TPSA) is 73.1 Å². The summed E-state index contributed by atoms with van der Waals surface area (Å²) in [4.78, 5) is 12.3. The van der Waals surface area contributed by atoms with Gasteiger partial charge in [-0.15, -0.1) is 0 Å². The first kappa shape index (κ1) is 15.5. The summed E-state index contributed by atoms with van der Waals surface area (Å²) in [5.41, 5.74) is 0.268. The molecule has 0 radical (unpaired) electrons. The molecule has 0 saturated heterocycles. The largest absolute Gasteiger partial charge is 0.396 e. The van der Waals surface area contributed by atoms with Crippen molar-refractivity contribution in [2.24, 2.45) is 5.41 Å². The lowest BCUT2D eigenvalue weighted by molar-refractivity contribution is -0.128. The minimum absolute atomic E-state index is 0.0808. The zero-order valence-corrected chi connectivity index (χ0v) is 12.2. The number of nitrogens with zero attached hydrogens (tertiary/aromatic N) is 1. The number of aliphatic hydroxyl groups excluding tert-OH is 1. The number of carbonyl (C=O) groups is 1. The Balaban J connectivity index is 1.99. The van der Waals surface area contributed by atoms with Crippen molar-refractivity contribution in [3.63, 3.8) is 0 Å². The van der Waals surface area contributed by atoms with Crippen LogP contribution < -0.4 is 5.32 Å². The summed E-state index contributed by atoms with van der Waals surface area (Å²) in [6.45, 7) is 0.547. The van der Waals surface area contributed by atoms with Gasteiger partial charge in [-0.05, 0) is 24.8 Å². The first-order valence-corrected chi connectivity index (χ1v) is 7.57. The fraction of sp³-hybridized carbons (Fsp3) is 0.529. The van der Waals surface area contributed by atoms with E-state index in [1.807, 2.05) is 30.3 Å². The standard InChI is InChI=1S/C17H22N2O2/c18-13-17(9-4-5-10-17)16(21)19-12-15(8-11-20)14-6-2-1-3-7-14/h1-3,6-7,15,20H,4-5,8-12H2,(H,19,21). The Morgan fingerprint density at radius 2 is 2.00 bits per heavy atom. The van der Waals surface area contributed by atoms with E-state index in [0.717, 1.165) is 18.4 Å². The second-order valence-corrected chi connectivity index (χ2v) is 5.73. The smallest absolute Gasteiger partial charge is 0.240 e. The molecule has 112 valence electrons. The predicted octanol–water partition coefficient (Wildman–Crippen LogP) is 2.35. The molecule has 4 nitrogen and oxygen atoms in total. The molecule has 0 heterocycles. The summed E-state index contributed by atoms with van der Waals surface area (Å²) in [6.07, 6.45) is 3.81. The third-order valence-corrected chi connectivity index (χ3v) is 4.36. The van der Waals surface area contributed by atoms with Gasteiger partial charge in [0.2, 0.25) is 5.91 Å². The number of benzene rings is 1. The molecule has 1 amide bonds. The third-order valence-electron chi connectivity index (χ3n) is 4.36. The lowest BCUT2D eigenvalue weighted by Gasteiger charge is -2.22. The number of nitrogens with one attached hydrogen (secondary N) is 1. The molecule has 1 atom stereocenters. The van der Waals surface area contributed by atoms with Gasteiger partial charge in [0.15, 0.2) is 0 Å². The second kappa shape index (κ2) is 7.24. The van der Waals surface area contributed by atoms with Crippen LogP contribution in [0.2, 0.25) is 0 Å². The van der Waals surface area contributed by atoms with Gasteiger partial charge in [-0.1, -0.05) is 43.2 Å². The van der Waals surface area contributed by atoms with Crippen LogP contribution in [0, 0.1) is 16.7 Å². The molecule has 0 aliphatic heterocycles. The SMILES string of the molecule is N#CC1(C(=O)NCC(CCO)c2ccccc2)CCCC1. The second-order valence-electron chi connectivity index (χ2n) is 5.73. The van der Waals surface area contributed by atoms with Crippen molar-refractivity contribution in [1.82, 2.24) is 5.32 Å². The predicted molar refractivity (Wildman–Crippen MR) is 80.4 cm³/mol. The molecular weight excluding hydrogens is 264 g/mol. The minimum atomic E-state index is -0.833. The number of hydrogen-bond acceptors (Lipinski definition) is 3. The molecule has 0 aromatic heterocycles. The quantitative estimate of drug-likeness (QED) is 0.843. The molecule has 2 rings (SSSR count). The number of carbonyl (C=O) groups excluding carboxylic acids is 1. The maximum atomic E-state index is 12.3. The van der Waals surface area contributed by atoms with Crippen molar-refractivity contribution in [3.05, 3.63) is 35.9 Å². The maximum absolute atomic E-state index is 12.3. The fourth-order valence-corrected chi connectivity index (χ4v) is 3.02. The van der Waals surface area contributed by atoms with Crippen molar-refractivity contribution >= 4 is 5.91 Å². The summed E-state index contributed by atoms with van der Waals surface area (Å²) in [6, 6.07) is 12.1. The Bertz CT molecular complexity index is 501. The van der Waals surface area contributed by atoms with Gasteiger partial charge >= 0.3 is 0 Å². The average molecular weight is 286 g/mol. The summed E-state index contributed by atoms with van der Waals surface area (Å²) >= 11 is 0. The Morgan fingerprint density at radius 3 is 2.57 bits per heavy atom. The van der Waals surface area contributed by atoms with Crippen molar-refractivity contribution in [2.75, 3.05) is 13.2 Å². The van der Waals surface area contributed by atoms with Gasteiger partial charge in [0.1, 0.15) is 5.41 Å². The number of nitriles is 1. The lowest BCUT2D eigenvalue weighted by atomic mass is 9.86. The molecule has 1 fully saturated rings. The van der Waals surface area contributed by atoms with Crippen molar-refractivity contribution in [2.45, 2.75) is 38.0 Å².